The minimum Gasteiger partial charge on any atom is -0.408 e. The van der Waals surface area contributed by atoms with Gasteiger partial charge in [0.1, 0.15) is 24.1 Å². The number of aromatic nitrogens is 4. The number of hydrogen-bond acceptors (Lipinski definition) is 10. The molecule has 11 nitrogen and oxygen atoms in total. The van der Waals surface area contributed by atoms with Crippen molar-refractivity contribution in [2.45, 2.75) is 127 Å². The molecule has 0 spiro atoms. The van der Waals surface area contributed by atoms with E-state index in [0.29, 0.717) is 42.6 Å². The molecule has 0 aliphatic carbocycles. The predicted molar refractivity (Wildman–Crippen MR) is 280 cm³/mol. The number of hydrogen-bond donors (Lipinski definition) is 2. The number of ether oxygens (including phenoxy) is 2. The van der Waals surface area contributed by atoms with Crippen LogP contribution >= 0.6 is 0 Å². The van der Waals surface area contributed by atoms with Crippen molar-refractivity contribution in [1.82, 2.24) is 29.7 Å². The first-order valence-electron chi connectivity index (χ1n) is 24.6. The van der Waals surface area contributed by atoms with Crippen molar-refractivity contribution in [2.75, 3.05) is 45.2 Å². The number of rotatable bonds is 19. The molecule has 0 amide bonds. The second-order valence-corrected chi connectivity index (χ2v) is 31.4. The lowest BCUT2D eigenvalue weighted by atomic mass is 9.91. The number of fused-ring (bicyclic) bond motifs is 1. The highest BCUT2D eigenvalue weighted by Gasteiger charge is 2.54. The van der Waals surface area contributed by atoms with Crippen LogP contribution in [0, 0.1) is 0 Å². The monoisotopic (exact) mass is 954 g/mol. The summed E-state index contributed by atoms with van der Waals surface area (Å²) in [5.41, 5.74) is 6.47. The largest absolute Gasteiger partial charge is 0.408 e. The molecule has 4 heterocycles. The Hall–Kier alpha value is -4.58. The Kier molecular flexibility index (Phi) is 15.2. The van der Waals surface area contributed by atoms with Crippen LogP contribution in [0.15, 0.2) is 128 Å². The maximum Gasteiger partial charge on any atom is 0.192 e. The second-order valence-electron chi connectivity index (χ2n) is 21.9. The third-order valence-corrected chi connectivity index (χ3v) is 23.9. The zero-order valence-electron chi connectivity index (χ0n) is 42.3. The standard InChI is InChI=1S/C55H75N7O4Si2/c1-54(2,3)67(8,9)65-49-45(37-63-7)64-53(50(49)66-68(10,11)55(4,5)6)62-38-58-47-51(57-34-44(39-24-16-12-17-25-39)40-26-18-13-19-27-40)59-46(60-52(47)62)32-33-56-43-35-61(36-43)48(41-28-20-14-21-29-41)42-30-22-15-23-31-42/h12-31,38,43-45,48-50,53,56H,32-37H2,1-11H3,(H,57,59,60)/t45-,49-,50+,53-/m1/s1. The van der Waals surface area contributed by atoms with Crippen LogP contribution in [0.4, 0.5) is 5.82 Å². The van der Waals surface area contributed by atoms with Gasteiger partial charge in [-0.05, 0) is 58.5 Å². The molecule has 2 saturated heterocycles. The fourth-order valence-corrected chi connectivity index (χ4v) is 11.6. The Morgan fingerprint density at radius 3 is 1.69 bits per heavy atom. The molecule has 0 radical (unpaired) electrons. The Labute approximate surface area is 407 Å². The van der Waals surface area contributed by atoms with Crippen molar-refractivity contribution in [3.05, 3.63) is 156 Å². The van der Waals surface area contributed by atoms with Crippen molar-refractivity contribution in [3.8, 4) is 0 Å². The van der Waals surface area contributed by atoms with Gasteiger partial charge in [-0.15, -0.1) is 0 Å². The van der Waals surface area contributed by atoms with Crippen LogP contribution in [0.5, 0.6) is 0 Å². The lowest BCUT2D eigenvalue weighted by Gasteiger charge is -2.45. The fourth-order valence-electron chi connectivity index (χ4n) is 9.04. The molecular weight excluding hydrogens is 879 g/mol. The number of nitrogens with zero attached hydrogens (tertiary/aromatic N) is 5. The van der Waals surface area contributed by atoms with Crippen molar-refractivity contribution < 1.29 is 18.3 Å². The maximum atomic E-state index is 7.46. The molecule has 2 aliphatic heterocycles. The summed E-state index contributed by atoms with van der Waals surface area (Å²) >= 11 is 0. The zero-order valence-corrected chi connectivity index (χ0v) is 44.3. The summed E-state index contributed by atoms with van der Waals surface area (Å²) in [4.78, 5) is 18.3. The van der Waals surface area contributed by atoms with Crippen molar-refractivity contribution in [3.63, 3.8) is 0 Å². The first-order valence-corrected chi connectivity index (χ1v) is 30.4. The molecular formula is C55H75N7O4Si2. The Bertz CT molecular complexity index is 2450. The molecule has 68 heavy (non-hydrogen) atoms. The van der Waals surface area contributed by atoms with Gasteiger partial charge in [-0.25, -0.2) is 15.0 Å². The summed E-state index contributed by atoms with van der Waals surface area (Å²) < 4.78 is 29.9. The van der Waals surface area contributed by atoms with E-state index in [9.17, 15) is 0 Å². The average molecular weight is 954 g/mol. The minimum absolute atomic E-state index is 0.0245. The van der Waals surface area contributed by atoms with E-state index < -0.39 is 29.0 Å². The van der Waals surface area contributed by atoms with E-state index in [-0.39, 0.29) is 34.2 Å². The first-order chi connectivity index (χ1) is 32.4. The summed E-state index contributed by atoms with van der Waals surface area (Å²) in [6.07, 6.45) is 0.768. The molecule has 4 atom stereocenters. The molecule has 2 fully saturated rings. The summed E-state index contributed by atoms with van der Waals surface area (Å²) in [5, 5.41) is 7.58. The molecule has 2 aromatic heterocycles. The highest BCUT2D eigenvalue weighted by Crippen LogP contribution is 2.46. The molecule has 0 unspecified atom stereocenters. The van der Waals surface area contributed by atoms with E-state index in [1.165, 1.54) is 22.3 Å². The highest BCUT2D eigenvalue weighted by molar-refractivity contribution is 6.74. The first kappa shape index (κ1) is 49.8. The predicted octanol–water partition coefficient (Wildman–Crippen LogP) is 11.0. The van der Waals surface area contributed by atoms with Gasteiger partial charge in [0, 0.05) is 51.7 Å². The molecule has 362 valence electrons. The maximum absolute atomic E-state index is 7.46. The van der Waals surface area contributed by atoms with Crippen molar-refractivity contribution in [1.29, 1.82) is 0 Å². The van der Waals surface area contributed by atoms with E-state index in [2.05, 4.69) is 209 Å². The van der Waals surface area contributed by atoms with E-state index in [1.54, 1.807) is 7.11 Å². The van der Waals surface area contributed by atoms with Gasteiger partial charge in [-0.1, -0.05) is 163 Å². The van der Waals surface area contributed by atoms with E-state index in [0.717, 1.165) is 25.5 Å². The highest BCUT2D eigenvalue weighted by atomic mass is 28.4. The molecule has 0 saturated carbocycles. The fraction of sp³-hybridized carbons (Fsp3) is 0.473. The van der Waals surface area contributed by atoms with Gasteiger partial charge in [0.05, 0.1) is 19.0 Å². The molecule has 8 rings (SSSR count). The van der Waals surface area contributed by atoms with Crippen molar-refractivity contribution in [2.24, 2.45) is 0 Å². The Morgan fingerprint density at radius 1 is 0.691 bits per heavy atom. The summed E-state index contributed by atoms with van der Waals surface area (Å²) in [6.45, 7) is 26.5. The molecule has 13 heteroatoms. The lowest BCUT2D eigenvalue weighted by molar-refractivity contribution is -0.0562. The number of anilines is 1. The van der Waals surface area contributed by atoms with Gasteiger partial charge in [0.2, 0.25) is 0 Å². The van der Waals surface area contributed by atoms with Crippen molar-refractivity contribution >= 4 is 33.6 Å². The summed E-state index contributed by atoms with van der Waals surface area (Å²) in [6, 6.07) is 43.6. The Balaban J connectivity index is 1.12. The normalized spacial score (nSPS) is 19.8. The van der Waals surface area contributed by atoms with Crippen LogP contribution in [0.1, 0.15) is 87.8 Å². The van der Waals surface area contributed by atoms with E-state index in [1.807, 2.05) is 6.33 Å². The molecule has 2 aliphatic rings. The average Bonchev–Trinajstić information content (AvgIpc) is 3.86. The third-order valence-electron chi connectivity index (χ3n) is 15.0. The summed E-state index contributed by atoms with van der Waals surface area (Å²) in [7, 11) is -2.95. The third kappa shape index (κ3) is 11.1. The SMILES string of the molecule is COC[C@H]1O[C@@H](n2cnc3c(NCC(c4ccccc4)c4ccccc4)nc(CCNC4CN(C(c5ccccc5)c5ccccc5)C4)nc32)[C@@H](O[Si](C)(C)C(C)(C)C)[C@@H]1O[Si](C)(C)C(C)(C)C. The van der Waals surface area contributed by atoms with Crippen LogP contribution < -0.4 is 10.6 Å². The molecule has 2 N–H and O–H groups in total. The van der Waals surface area contributed by atoms with Crippen LogP contribution in [0.2, 0.25) is 36.3 Å². The molecule has 6 aromatic rings. The Morgan fingerprint density at radius 2 is 1.19 bits per heavy atom. The number of benzene rings is 4. The van der Waals surface area contributed by atoms with Gasteiger partial charge in [-0.3, -0.25) is 9.47 Å². The summed E-state index contributed by atoms with van der Waals surface area (Å²) in [5.74, 6) is 1.51. The molecule has 0 bridgehead atoms. The van der Waals surface area contributed by atoms with E-state index >= 15 is 0 Å². The second kappa shape index (κ2) is 20.8. The number of nitrogens with one attached hydrogen (secondary N) is 2. The van der Waals surface area contributed by atoms with Crippen LogP contribution in [0.3, 0.4) is 0 Å². The van der Waals surface area contributed by atoms with Gasteiger partial charge < -0.3 is 29.0 Å². The number of likely N-dealkylation sites (tertiary alicyclic amines) is 1. The molecule has 4 aromatic carbocycles. The topological polar surface area (TPSA) is 108 Å². The van der Waals surface area contributed by atoms with E-state index in [4.69, 9.17) is 33.3 Å². The van der Waals surface area contributed by atoms with Crippen LogP contribution in [-0.4, -0.2) is 105 Å². The smallest absolute Gasteiger partial charge is 0.192 e. The van der Waals surface area contributed by atoms with Gasteiger partial charge in [-0.2, -0.15) is 0 Å². The minimum atomic E-state index is -2.37. The van der Waals surface area contributed by atoms with Gasteiger partial charge in [0.15, 0.2) is 39.8 Å². The van der Waals surface area contributed by atoms with Gasteiger partial charge >= 0.3 is 0 Å². The number of imidazole rings is 1. The number of methoxy groups -OCH3 is 1. The quantitative estimate of drug-likeness (QED) is 0.0762. The zero-order chi connectivity index (χ0) is 48.3. The van der Waals surface area contributed by atoms with Crippen LogP contribution in [0.25, 0.3) is 11.2 Å². The van der Waals surface area contributed by atoms with Crippen LogP contribution in [-0.2, 0) is 24.7 Å². The lowest BCUT2D eigenvalue weighted by Crippen LogP contribution is -2.59. The van der Waals surface area contributed by atoms with Gasteiger partial charge in [0.25, 0.3) is 0 Å².